The van der Waals surface area contributed by atoms with Crippen LogP contribution in [0.4, 0.5) is 30.6 Å². The highest BCUT2D eigenvalue weighted by molar-refractivity contribution is 5.69. The fourth-order valence-corrected chi connectivity index (χ4v) is 4.03. The largest absolute Gasteiger partial charge is 0.573 e. The lowest BCUT2D eigenvalue weighted by atomic mass is 9.96. The van der Waals surface area contributed by atoms with Crippen LogP contribution in [0.3, 0.4) is 0 Å². The molecule has 7 nitrogen and oxygen atoms in total. The number of halogens is 3. The molecule has 35 heavy (non-hydrogen) atoms. The molecule has 1 fully saturated rings. The van der Waals surface area contributed by atoms with Crippen LogP contribution in [0.1, 0.15) is 32.1 Å². The third kappa shape index (κ3) is 6.91. The smallest absolute Gasteiger partial charge is 0.497 e. The van der Waals surface area contributed by atoms with Crippen molar-refractivity contribution < 1.29 is 27.4 Å². The van der Waals surface area contributed by atoms with Crippen molar-refractivity contribution in [3.8, 4) is 28.5 Å². The van der Waals surface area contributed by atoms with Gasteiger partial charge in [0.1, 0.15) is 23.1 Å². The Morgan fingerprint density at radius 3 is 2.23 bits per heavy atom. The Bertz CT molecular complexity index is 1130. The van der Waals surface area contributed by atoms with Crippen molar-refractivity contribution in [2.45, 2.75) is 44.5 Å². The Kier molecular flexibility index (Phi) is 7.48. The molecule has 10 heteroatoms. The second kappa shape index (κ2) is 10.7. The van der Waals surface area contributed by atoms with E-state index in [2.05, 4.69) is 25.3 Å². The fraction of sp³-hybridized carbons (Fsp3) is 0.360. The maximum absolute atomic E-state index is 12.7. The number of rotatable bonds is 8. The van der Waals surface area contributed by atoms with Crippen molar-refractivity contribution in [2.24, 2.45) is 0 Å². The fourth-order valence-electron chi connectivity index (χ4n) is 4.03. The minimum Gasteiger partial charge on any atom is -0.497 e. The lowest BCUT2D eigenvalue weighted by molar-refractivity contribution is -0.274. The maximum atomic E-state index is 12.7. The van der Waals surface area contributed by atoms with E-state index < -0.39 is 6.36 Å². The van der Waals surface area contributed by atoms with Gasteiger partial charge in [0, 0.05) is 41.6 Å². The average Bonchev–Trinajstić information content (AvgIpc) is 2.83. The molecule has 0 radical (unpaired) electrons. The molecule has 0 bridgehead atoms. The summed E-state index contributed by atoms with van der Waals surface area (Å²) in [5.41, 5.74) is 1.58. The molecule has 0 atom stereocenters. The summed E-state index contributed by atoms with van der Waals surface area (Å²) < 4.78 is 53.0. The van der Waals surface area contributed by atoms with Crippen LogP contribution in [0, 0.1) is 0 Å². The van der Waals surface area contributed by atoms with Gasteiger partial charge in [-0.1, -0.05) is 31.4 Å². The molecular formula is C25H27F3N4O3. The Morgan fingerprint density at radius 2 is 1.57 bits per heavy atom. The van der Waals surface area contributed by atoms with E-state index in [-0.39, 0.29) is 11.8 Å². The van der Waals surface area contributed by atoms with E-state index in [1.165, 1.54) is 24.6 Å². The third-order valence-electron chi connectivity index (χ3n) is 5.65. The first-order valence-electron chi connectivity index (χ1n) is 11.3. The van der Waals surface area contributed by atoms with E-state index in [9.17, 15) is 13.2 Å². The number of hydrogen-bond acceptors (Lipinski definition) is 7. The molecule has 1 aromatic heterocycles. The standard InChI is InChI=1S/C25H27F3N4O3/c1-33-20-12-18(13-21(14-20)34-2)29-23-15-22(16-7-6-10-19(11-16)35-25(26,27)28)31-24(32-23)30-17-8-4-3-5-9-17/h6-7,10-15,17H,3-5,8-9H2,1-2H3,(H2,29,30,31,32). The van der Waals surface area contributed by atoms with Crippen molar-refractivity contribution in [1.82, 2.24) is 9.97 Å². The third-order valence-corrected chi connectivity index (χ3v) is 5.65. The molecule has 2 aromatic carbocycles. The summed E-state index contributed by atoms with van der Waals surface area (Å²) in [4.78, 5) is 9.21. The first-order chi connectivity index (χ1) is 16.8. The molecule has 1 aliphatic rings. The van der Waals surface area contributed by atoms with Crippen LogP contribution in [-0.4, -0.2) is 36.6 Å². The molecule has 1 saturated carbocycles. The lowest BCUT2D eigenvalue weighted by Crippen LogP contribution is -2.23. The average molecular weight is 489 g/mol. The van der Waals surface area contributed by atoms with E-state index in [4.69, 9.17) is 9.47 Å². The van der Waals surface area contributed by atoms with Gasteiger partial charge in [-0.05, 0) is 25.0 Å². The normalized spacial score (nSPS) is 14.3. The molecule has 0 unspecified atom stereocenters. The van der Waals surface area contributed by atoms with Gasteiger partial charge in [0.2, 0.25) is 5.95 Å². The number of hydrogen-bond donors (Lipinski definition) is 2. The number of alkyl halides is 3. The van der Waals surface area contributed by atoms with Gasteiger partial charge in [0.05, 0.1) is 19.9 Å². The summed E-state index contributed by atoms with van der Waals surface area (Å²) in [6.45, 7) is 0. The van der Waals surface area contributed by atoms with Gasteiger partial charge >= 0.3 is 6.36 Å². The highest BCUT2D eigenvalue weighted by atomic mass is 19.4. The van der Waals surface area contributed by atoms with E-state index in [1.54, 1.807) is 44.6 Å². The number of methoxy groups -OCH3 is 2. The number of benzene rings is 2. The van der Waals surface area contributed by atoms with Crippen LogP contribution in [0.15, 0.2) is 48.5 Å². The SMILES string of the molecule is COc1cc(Nc2cc(-c3cccc(OC(F)(F)F)c3)nc(NC3CCCCC3)n2)cc(OC)c1. The van der Waals surface area contributed by atoms with Gasteiger partial charge in [0.25, 0.3) is 0 Å². The highest BCUT2D eigenvalue weighted by Crippen LogP contribution is 2.32. The molecule has 4 rings (SSSR count). The molecule has 0 saturated heterocycles. The van der Waals surface area contributed by atoms with Crippen LogP contribution >= 0.6 is 0 Å². The zero-order chi connectivity index (χ0) is 24.8. The molecule has 3 aromatic rings. The predicted octanol–water partition coefficient (Wildman–Crippen LogP) is 6.55. The predicted molar refractivity (Wildman–Crippen MR) is 127 cm³/mol. The Balaban J connectivity index is 1.69. The van der Waals surface area contributed by atoms with E-state index in [0.29, 0.717) is 40.2 Å². The monoisotopic (exact) mass is 488 g/mol. The van der Waals surface area contributed by atoms with Crippen LogP contribution in [0.25, 0.3) is 11.3 Å². The summed E-state index contributed by atoms with van der Waals surface area (Å²) in [6, 6.07) is 13.0. The summed E-state index contributed by atoms with van der Waals surface area (Å²) in [5.74, 6) is 1.74. The van der Waals surface area contributed by atoms with Gasteiger partial charge in [0.15, 0.2) is 0 Å². The highest BCUT2D eigenvalue weighted by Gasteiger charge is 2.31. The van der Waals surface area contributed by atoms with Crippen molar-refractivity contribution in [3.63, 3.8) is 0 Å². The minimum atomic E-state index is -4.78. The van der Waals surface area contributed by atoms with Crippen LogP contribution in [0.2, 0.25) is 0 Å². The number of nitrogens with zero attached hydrogens (tertiary/aromatic N) is 2. The zero-order valence-corrected chi connectivity index (χ0v) is 19.5. The Morgan fingerprint density at radius 1 is 0.857 bits per heavy atom. The zero-order valence-electron chi connectivity index (χ0n) is 19.5. The molecule has 0 spiro atoms. The van der Waals surface area contributed by atoms with Crippen molar-refractivity contribution in [1.29, 1.82) is 0 Å². The first-order valence-corrected chi connectivity index (χ1v) is 11.3. The Hall–Kier alpha value is -3.69. The second-order valence-corrected chi connectivity index (χ2v) is 8.24. The first kappa shape index (κ1) is 24.4. The molecule has 0 aliphatic heterocycles. The molecule has 0 amide bonds. The van der Waals surface area contributed by atoms with Gasteiger partial charge in [-0.3, -0.25) is 0 Å². The molecule has 1 aliphatic carbocycles. The maximum Gasteiger partial charge on any atom is 0.573 e. The van der Waals surface area contributed by atoms with E-state index in [1.807, 2.05) is 0 Å². The lowest BCUT2D eigenvalue weighted by Gasteiger charge is -2.23. The van der Waals surface area contributed by atoms with E-state index >= 15 is 0 Å². The van der Waals surface area contributed by atoms with E-state index in [0.717, 1.165) is 25.7 Å². The summed E-state index contributed by atoms with van der Waals surface area (Å²) in [7, 11) is 3.12. The second-order valence-electron chi connectivity index (χ2n) is 8.24. The van der Waals surface area contributed by atoms with Gasteiger partial charge in [-0.15, -0.1) is 13.2 Å². The molecule has 186 valence electrons. The molecule has 1 heterocycles. The summed E-state index contributed by atoms with van der Waals surface area (Å²) in [6.07, 6.45) is 0.703. The molecular weight excluding hydrogens is 461 g/mol. The van der Waals surface area contributed by atoms with Gasteiger partial charge in [-0.25, -0.2) is 4.98 Å². The van der Waals surface area contributed by atoms with Crippen LogP contribution in [-0.2, 0) is 0 Å². The van der Waals surface area contributed by atoms with Gasteiger partial charge in [-0.2, -0.15) is 4.98 Å². The number of anilines is 3. The van der Waals surface area contributed by atoms with Crippen molar-refractivity contribution >= 4 is 17.5 Å². The summed E-state index contributed by atoms with van der Waals surface area (Å²) >= 11 is 0. The Labute approximate surface area is 201 Å². The number of nitrogens with one attached hydrogen (secondary N) is 2. The number of ether oxygens (including phenoxy) is 3. The number of aromatic nitrogens is 2. The summed E-state index contributed by atoms with van der Waals surface area (Å²) in [5, 5.41) is 6.62. The molecule has 2 N–H and O–H groups in total. The quantitative estimate of drug-likeness (QED) is 0.372. The van der Waals surface area contributed by atoms with Crippen molar-refractivity contribution in [2.75, 3.05) is 24.9 Å². The van der Waals surface area contributed by atoms with Crippen LogP contribution < -0.4 is 24.8 Å². The van der Waals surface area contributed by atoms with Crippen LogP contribution in [0.5, 0.6) is 17.2 Å². The topological polar surface area (TPSA) is 77.5 Å². The minimum absolute atomic E-state index is 0.240. The van der Waals surface area contributed by atoms with Gasteiger partial charge < -0.3 is 24.8 Å². The van der Waals surface area contributed by atoms with Crippen molar-refractivity contribution in [3.05, 3.63) is 48.5 Å².